The third-order valence-electron chi connectivity index (χ3n) is 3.43. The second-order valence-electron chi connectivity index (χ2n) is 5.04. The second kappa shape index (κ2) is 6.06. The van der Waals surface area contributed by atoms with Crippen molar-refractivity contribution in [2.75, 3.05) is 30.3 Å². The fraction of sp³-hybridized carbons (Fsp3) is 0.692. The number of aliphatic hydroxyl groups excluding tert-OH is 1. The predicted octanol–water partition coefficient (Wildman–Crippen LogP) is 1.05. The van der Waals surface area contributed by atoms with E-state index in [1.165, 1.54) is 6.33 Å². The van der Waals surface area contributed by atoms with Crippen LogP contribution in [0.3, 0.4) is 0 Å². The molecule has 6 nitrogen and oxygen atoms in total. The highest BCUT2D eigenvalue weighted by Crippen LogP contribution is 2.30. The van der Waals surface area contributed by atoms with Gasteiger partial charge in [0.15, 0.2) is 5.82 Å². The van der Waals surface area contributed by atoms with Crippen LogP contribution in [0.5, 0.6) is 5.88 Å². The maximum absolute atomic E-state index is 9.77. The average Bonchev–Trinajstić information content (AvgIpc) is 2.41. The van der Waals surface area contributed by atoms with Gasteiger partial charge in [0.1, 0.15) is 12.0 Å². The Balaban J connectivity index is 2.16. The highest BCUT2D eigenvalue weighted by Gasteiger charge is 2.26. The first-order valence-corrected chi connectivity index (χ1v) is 6.79. The summed E-state index contributed by atoms with van der Waals surface area (Å²) >= 11 is 0. The molecule has 0 aliphatic carbocycles. The van der Waals surface area contributed by atoms with Gasteiger partial charge in [-0.15, -0.1) is 0 Å². The Labute approximate surface area is 113 Å². The predicted molar refractivity (Wildman–Crippen MR) is 74.2 cm³/mol. The lowest BCUT2D eigenvalue weighted by molar-refractivity contribution is 0.0969. The van der Waals surface area contributed by atoms with Gasteiger partial charge in [0.05, 0.1) is 12.7 Å². The van der Waals surface area contributed by atoms with Crippen LogP contribution in [0.25, 0.3) is 0 Å². The number of hydrogen-bond donors (Lipinski definition) is 2. The molecule has 19 heavy (non-hydrogen) atoms. The Hall–Kier alpha value is -1.56. The first kappa shape index (κ1) is 13.9. The molecule has 0 spiro atoms. The van der Waals surface area contributed by atoms with Gasteiger partial charge >= 0.3 is 0 Å². The highest BCUT2D eigenvalue weighted by molar-refractivity contribution is 5.67. The molecule has 0 radical (unpaired) electrons. The van der Waals surface area contributed by atoms with Gasteiger partial charge in [-0.2, -0.15) is 4.98 Å². The van der Waals surface area contributed by atoms with Crippen LogP contribution in [0.4, 0.5) is 11.5 Å². The molecule has 1 aliphatic heterocycles. The monoisotopic (exact) mass is 266 g/mol. The van der Waals surface area contributed by atoms with Gasteiger partial charge < -0.3 is 20.5 Å². The molecular formula is C13H22N4O2. The minimum atomic E-state index is -0.241. The normalized spacial score (nSPS) is 23.4. The molecular weight excluding hydrogens is 244 g/mol. The van der Waals surface area contributed by atoms with E-state index in [2.05, 4.69) is 14.9 Å². The summed E-state index contributed by atoms with van der Waals surface area (Å²) in [6.07, 6.45) is 2.88. The number of aromatic nitrogens is 2. The Morgan fingerprint density at radius 1 is 1.53 bits per heavy atom. The summed E-state index contributed by atoms with van der Waals surface area (Å²) in [7, 11) is 0. The van der Waals surface area contributed by atoms with Crippen molar-refractivity contribution in [2.45, 2.75) is 32.8 Å². The van der Waals surface area contributed by atoms with Crippen molar-refractivity contribution in [1.82, 2.24) is 9.97 Å². The van der Waals surface area contributed by atoms with Crippen molar-refractivity contribution >= 4 is 11.5 Å². The van der Waals surface area contributed by atoms with Gasteiger partial charge in [-0.25, -0.2) is 4.98 Å². The van der Waals surface area contributed by atoms with Crippen molar-refractivity contribution in [3.8, 4) is 5.88 Å². The number of rotatable bonds is 4. The molecule has 0 aromatic carbocycles. The molecule has 1 aromatic heterocycles. The summed E-state index contributed by atoms with van der Waals surface area (Å²) in [6, 6.07) is 0. The van der Waals surface area contributed by atoms with Crippen LogP contribution in [0.2, 0.25) is 0 Å². The minimum Gasteiger partial charge on any atom is -0.476 e. The topological polar surface area (TPSA) is 84.5 Å². The zero-order valence-electron chi connectivity index (χ0n) is 11.5. The molecule has 1 fully saturated rings. The van der Waals surface area contributed by atoms with E-state index in [1.54, 1.807) is 0 Å². The van der Waals surface area contributed by atoms with Gasteiger partial charge in [-0.3, -0.25) is 0 Å². The summed E-state index contributed by atoms with van der Waals surface area (Å²) in [6.45, 7) is 6.15. The molecule has 2 unspecified atom stereocenters. The van der Waals surface area contributed by atoms with E-state index in [0.717, 1.165) is 25.9 Å². The van der Waals surface area contributed by atoms with Crippen molar-refractivity contribution < 1.29 is 9.84 Å². The largest absolute Gasteiger partial charge is 0.476 e. The molecule has 1 saturated heterocycles. The number of nitrogen functional groups attached to an aromatic ring is 1. The molecule has 0 saturated carbocycles. The van der Waals surface area contributed by atoms with Crippen LogP contribution in [-0.4, -0.2) is 40.9 Å². The fourth-order valence-corrected chi connectivity index (χ4v) is 2.26. The van der Waals surface area contributed by atoms with Gasteiger partial charge in [0.25, 0.3) is 0 Å². The lowest BCUT2D eigenvalue weighted by Gasteiger charge is -2.35. The Bertz CT molecular complexity index is 427. The van der Waals surface area contributed by atoms with E-state index >= 15 is 0 Å². The van der Waals surface area contributed by atoms with Crippen LogP contribution in [0.15, 0.2) is 6.33 Å². The zero-order valence-corrected chi connectivity index (χ0v) is 11.5. The third kappa shape index (κ3) is 3.07. The van der Waals surface area contributed by atoms with Crippen molar-refractivity contribution in [3.05, 3.63) is 6.33 Å². The van der Waals surface area contributed by atoms with Gasteiger partial charge in [-0.1, -0.05) is 13.8 Å². The number of piperidine rings is 1. The molecule has 2 atom stereocenters. The molecule has 1 aliphatic rings. The number of nitrogens with two attached hydrogens (primary N) is 1. The standard InChI is InChI=1S/C13H22N4O2/c1-3-6-19-13-11(14)12(15-8-16-13)17-5-4-10(18)9(2)7-17/h8-10,18H,3-7,14H2,1-2H3. The summed E-state index contributed by atoms with van der Waals surface area (Å²) in [5, 5.41) is 9.77. The molecule has 1 aromatic rings. The Morgan fingerprint density at radius 2 is 2.32 bits per heavy atom. The van der Waals surface area contributed by atoms with Crippen molar-refractivity contribution in [2.24, 2.45) is 5.92 Å². The first-order chi connectivity index (χ1) is 9.13. The number of aliphatic hydroxyl groups is 1. The molecule has 3 N–H and O–H groups in total. The number of nitrogens with zero attached hydrogens (tertiary/aromatic N) is 3. The first-order valence-electron chi connectivity index (χ1n) is 6.79. The Morgan fingerprint density at radius 3 is 3.00 bits per heavy atom. The van der Waals surface area contributed by atoms with Crippen LogP contribution in [-0.2, 0) is 0 Å². The Kier molecular flexibility index (Phi) is 4.42. The van der Waals surface area contributed by atoms with E-state index < -0.39 is 0 Å². The maximum Gasteiger partial charge on any atom is 0.242 e. The van der Waals surface area contributed by atoms with Crippen molar-refractivity contribution in [1.29, 1.82) is 0 Å². The SMILES string of the molecule is CCCOc1ncnc(N2CCC(O)C(C)C2)c1N. The molecule has 2 rings (SSSR count). The second-order valence-corrected chi connectivity index (χ2v) is 5.04. The molecule has 106 valence electrons. The van der Waals surface area contributed by atoms with Gasteiger partial charge in [0, 0.05) is 13.1 Å². The summed E-state index contributed by atoms with van der Waals surface area (Å²) in [4.78, 5) is 10.4. The lowest BCUT2D eigenvalue weighted by atomic mass is 9.97. The molecule has 2 heterocycles. The smallest absolute Gasteiger partial charge is 0.242 e. The quantitative estimate of drug-likeness (QED) is 0.847. The van der Waals surface area contributed by atoms with E-state index in [1.807, 2.05) is 13.8 Å². The van der Waals surface area contributed by atoms with E-state index in [4.69, 9.17) is 10.5 Å². The van der Waals surface area contributed by atoms with Crippen molar-refractivity contribution in [3.63, 3.8) is 0 Å². The highest BCUT2D eigenvalue weighted by atomic mass is 16.5. The van der Waals surface area contributed by atoms with Crippen LogP contribution >= 0.6 is 0 Å². The fourth-order valence-electron chi connectivity index (χ4n) is 2.26. The lowest BCUT2D eigenvalue weighted by Crippen LogP contribution is -2.42. The number of ether oxygens (including phenoxy) is 1. The average molecular weight is 266 g/mol. The van der Waals surface area contributed by atoms with Crippen LogP contribution < -0.4 is 15.4 Å². The summed E-state index contributed by atoms with van der Waals surface area (Å²) in [5.41, 5.74) is 6.57. The van der Waals surface area contributed by atoms with Crippen LogP contribution in [0.1, 0.15) is 26.7 Å². The third-order valence-corrected chi connectivity index (χ3v) is 3.43. The molecule has 0 amide bonds. The van der Waals surface area contributed by atoms with Crippen LogP contribution in [0, 0.1) is 5.92 Å². The number of anilines is 2. The van der Waals surface area contributed by atoms with Gasteiger partial charge in [-0.05, 0) is 18.8 Å². The van der Waals surface area contributed by atoms with E-state index in [-0.39, 0.29) is 12.0 Å². The summed E-state index contributed by atoms with van der Waals surface area (Å²) < 4.78 is 5.51. The van der Waals surface area contributed by atoms with E-state index in [9.17, 15) is 5.11 Å². The maximum atomic E-state index is 9.77. The summed E-state index contributed by atoms with van der Waals surface area (Å²) in [5.74, 6) is 1.37. The number of hydrogen-bond acceptors (Lipinski definition) is 6. The van der Waals surface area contributed by atoms with Gasteiger partial charge in [0.2, 0.25) is 5.88 Å². The minimum absolute atomic E-state index is 0.211. The zero-order chi connectivity index (χ0) is 13.8. The molecule has 6 heteroatoms. The molecule has 0 bridgehead atoms. The van der Waals surface area contributed by atoms with E-state index in [0.29, 0.717) is 24.0 Å².